The van der Waals surface area contributed by atoms with Gasteiger partial charge in [0.05, 0.1) is 0 Å². The van der Waals surface area contributed by atoms with Gasteiger partial charge in [-0.05, 0) is 11.6 Å². The fourth-order valence-corrected chi connectivity index (χ4v) is 1.36. The van der Waals surface area contributed by atoms with Gasteiger partial charge in [0, 0.05) is 37.3 Å². The molecule has 0 aliphatic rings. The summed E-state index contributed by atoms with van der Waals surface area (Å²) in [6.45, 7) is 0.679. The molecule has 16 heavy (non-hydrogen) atoms. The van der Waals surface area contributed by atoms with Gasteiger partial charge in [0.25, 0.3) is 0 Å². The molecule has 0 aromatic carbocycles. The number of nitrogens with two attached hydrogens (primary N) is 1. The number of pyridine rings is 2. The van der Waals surface area contributed by atoms with E-state index < -0.39 is 0 Å². The molecule has 0 fully saturated rings. The molecule has 2 heterocycles. The lowest BCUT2D eigenvalue weighted by Gasteiger charge is -2.06. The third kappa shape index (κ3) is 2.46. The van der Waals surface area contributed by atoms with Crippen molar-refractivity contribution >= 4 is 5.82 Å². The molecule has 0 saturated heterocycles. The van der Waals surface area contributed by atoms with Crippen LogP contribution in [0.3, 0.4) is 0 Å². The first-order chi connectivity index (χ1) is 7.78. The van der Waals surface area contributed by atoms with Crippen LogP contribution in [-0.4, -0.2) is 9.55 Å². The third-order valence-electron chi connectivity index (χ3n) is 2.20. The topological polar surface area (TPSA) is 72.9 Å². The average molecular weight is 216 g/mol. The minimum absolute atomic E-state index is 0.0112. The molecule has 5 nitrogen and oxygen atoms in total. The molecule has 0 aliphatic carbocycles. The molecule has 0 atom stereocenters. The zero-order chi connectivity index (χ0) is 11.4. The lowest BCUT2D eigenvalue weighted by Crippen LogP contribution is -2.09. The van der Waals surface area contributed by atoms with Gasteiger partial charge in [-0.15, -0.1) is 0 Å². The Balaban J connectivity index is 2.14. The minimum Gasteiger partial charge on any atom is -0.350 e. The second-order valence-electron chi connectivity index (χ2n) is 3.40. The van der Waals surface area contributed by atoms with Gasteiger partial charge in [0.2, 0.25) is 0 Å². The highest BCUT2D eigenvalue weighted by atomic mass is 16.1. The van der Waals surface area contributed by atoms with Gasteiger partial charge in [0.1, 0.15) is 5.82 Å². The number of rotatable bonds is 3. The van der Waals surface area contributed by atoms with Crippen molar-refractivity contribution in [1.82, 2.24) is 9.55 Å². The molecule has 2 aromatic rings. The Kier molecular flexibility index (Phi) is 2.98. The van der Waals surface area contributed by atoms with E-state index in [-0.39, 0.29) is 5.43 Å². The first kappa shape index (κ1) is 10.4. The van der Waals surface area contributed by atoms with E-state index in [0.29, 0.717) is 12.4 Å². The number of anilines is 1. The van der Waals surface area contributed by atoms with Crippen LogP contribution in [0.15, 0.2) is 47.7 Å². The van der Waals surface area contributed by atoms with Crippen molar-refractivity contribution in [2.24, 2.45) is 5.84 Å². The highest BCUT2D eigenvalue weighted by Crippen LogP contribution is 2.04. The zero-order valence-corrected chi connectivity index (χ0v) is 8.63. The maximum atomic E-state index is 10.9. The van der Waals surface area contributed by atoms with E-state index in [0.717, 1.165) is 5.56 Å². The predicted molar refractivity (Wildman–Crippen MR) is 61.9 cm³/mol. The smallest absolute Gasteiger partial charge is 0.181 e. The summed E-state index contributed by atoms with van der Waals surface area (Å²) in [4.78, 5) is 15.0. The molecule has 82 valence electrons. The zero-order valence-electron chi connectivity index (χ0n) is 8.63. The third-order valence-corrected chi connectivity index (χ3v) is 2.20. The van der Waals surface area contributed by atoms with E-state index in [1.54, 1.807) is 24.7 Å². The van der Waals surface area contributed by atoms with Crippen molar-refractivity contribution in [3.8, 4) is 0 Å². The summed E-state index contributed by atoms with van der Waals surface area (Å²) in [5.74, 6) is 5.85. The molecule has 0 unspecified atom stereocenters. The van der Waals surface area contributed by atoms with Crippen LogP contribution in [0.1, 0.15) is 5.56 Å². The SMILES string of the molecule is NNc1ccc(Cn2ccc(=O)cc2)cn1. The van der Waals surface area contributed by atoms with Gasteiger partial charge in [-0.3, -0.25) is 4.79 Å². The number of hydrogen-bond donors (Lipinski definition) is 2. The summed E-state index contributed by atoms with van der Waals surface area (Å²) in [5, 5.41) is 0. The fraction of sp³-hybridized carbons (Fsp3) is 0.0909. The molecule has 0 radical (unpaired) electrons. The molecule has 2 aromatic heterocycles. The van der Waals surface area contributed by atoms with Crippen LogP contribution in [0.4, 0.5) is 5.82 Å². The molecule has 0 spiro atoms. The van der Waals surface area contributed by atoms with Gasteiger partial charge < -0.3 is 9.99 Å². The molecule has 2 rings (SSSR count). The minimum atomic E-state index is 0.0112. The maximum absolute atomic E-state index is 10.9. The van der Waals surface area contributed by atoms with Crippen molar-refractivity contribution in [2.45, 2.75) is 6.54 Å². The molecule has 0 bridgehead atoms. The molecule has 0 saturated carbocycles. The van der Waals surface area contributed by atoms with Gasteiger partial charge in [0.15, 0.2) is 5.43 Å². The number of nitrogen functional groups attached to an aromatic ring is 1. The normalized spacial score (nSPS) is 10.1. The molecule has 5 heteroatoms. The number of hydrazine groups is 1. The Morgan fingerprint density at radius 3 is 2.56 bits per heavy atom. The van der Waals surface area contributed by atoms with E-state index >= 15 is 0 Å². The Bertz CT molecular complexity index is 498. The fourth-order valence-electron chi connectivity index (χ4n) is 1.36. The summed E-state index contributed by atoms with van der Waals surface area (Å²) in [6.07, 6.45) is 5.24. The van der Waals surface area contributed by atoms with Crippen LogP contribution in [0.2, 0.25) is 0 Å². The summed E-state index contributed by atoms with van der Waals surface area (Å²) >= 11 is 0. The number of aromatic nitrogens is 2. The van der Waals surface area contributed by atoms with Crippen LogP contribution in [0.5, 0.6) is 0 Å². The molecule has 3 N–H and O–H groups in total. The Hall–Kier alpha value is -2.14. The maximum Gasteiger partial charge on any atom is 0.181 e. The van der Waals surface area contributed by atoms with E-state index in [1.165, 1.54) is 12.1 Å². The van der Waals surface area contributed by atoms with Crippen molar-refractivity contribution in [2.75, 3.05) is 5.43 Å². The Morgan fingerprint density at radius 2 is 2.00 bits per heavy atom. The predicted octanol–water partition coefficient (Wildman–Crippen LogP) is 0.577. The van der Waals surface area contributed by atoms with E-state index in [2.05, 4.69) is 10.4 Å². The molecule has 0 amide bonds. The lowest BCUT2D eigenvalue weighted by atomic mass is 10.3. The number of nitrogens with zero attached hydrogens (tertiary/aromatic N) is 2. The van der Waals surface area contributed by atoms with Crippen LogP contribution >= 0.6 is 0 Å². The molecular weight excluding hydrogens is 204 g/mol. The summed E-state index contributed by atoms with van der Waals surface area (Å²) < 4.78 is 1.91. The van der Waals surface area contributed by atoms with Crippen LogP contribution < -0.4 is 16.7 Å². The second kappa shape index (κ2) is 4.59. The Labute approximate surface area is 92.5 Å². The summed E-state index contributed by atoms with van der Waals surface area (Å²) in [7, 11) is 0. The van der Waals surface area contributed by atoms with Gasteiger partial charge in [-0.25, -0.2) is 10.8 Å². The average Bonchev–Trinajstić information content (AvgIpc) is 2.33. The Morgan fingerprint density at radius 1 is 1.25 bits per heavy atom. The van der Waals surface area contributed by atoms with Crippen molar-refractivity contribution in [1.29, 1.82) is 0 Å². The van der Waals surface area contributed by atoms with Crippen molar-refractivity contribution < 1.29 is 0 Å². The van der Waals surface area contributed by atoms with E-state index in [4.69, 9.17) is 5.84 Å². The van der Waals surface area contributed by atoms with E-state index in [9.17, 15) is 4.79 Å². The highest BCUT2D eigenvalue weighted by molar-refractivity contribution is 5.33. The van der Waals surface area contributed by atoms with Gasteiger partial charge in [-0.1, -0.05) is 6.07 Å². The quantitative estimate of drug-likeness (QED) is 0.581. The first-order valence-electron chi connectivity index (χ1n) is 4.85. The van der Waals surface area contributed by atoms with Crippen molar-refractivity contribution in [3.63, 3.8) is 0 Å². The van der Waals surface area contributed by atoms with E-state index in [1.807, 2.05) is 10.6 Å². The highest BCUT2D eigenvalue weighted by Gasteiger charge is 1.95. The monoisotopic (exact) mass is 216 g/mol. The first-order valence-corrected chi connectivity index (χ1v) is 4.85. The van der Waals surface area contributed by atoms with Crippen molar-refractivity contribution in [3.05, 3.63) is 58.6 Å². The number of hydrogen-bond acceptors (Lipinski definition) is 4. The molecular formula is C11H12N4O. The second-order valence-corrected chi connectivity index (χ2v) is 3.40. The largest absolute Gasteiger partial charge is 0.350 e. The van der Waals surface area contributed by atoms with Crippen LogP contribution in [0, 0.1) is 0 Å². The number of nitrogens with one attached hydrogen (secondary N) is 1. The van der Waals surface area contributed by atoms with Crippen LogP contribution in [0.25, 0.3) is 0 Å². The summed E-state index contributed by atoms with van der Waals surface area (Å²) in [5.41, 5.74) is 3.52. The standard InChI is InChI=1S/C11H12N4O/c12-14-11-2-1-9(7-13-11)8-15-5-3-10(16)4-6-15/h1-7H,8,12H2,(H,13,14). The van der Waals surface area contributed by atoms with Gasteiger partial charge in [-0.2, -0.15) is 0 Å². The van der Waals surface area contributed by atoms with Crippen LogP contribution in [-0.2, 0) is 6.54 Å². The van der Waals surface area contributed by atoms with Gasteiger partial charge >= 0.3 is 0 Å². The summed E-state index contributed by atoms with van der Waals surface area (Å²) in [6, 6.07) is 6.80. The molecule has 0 aliphatic heterocycles. The lowest BCUT2D eigenvalue weighted by molar-refractivity contribution is 0.785.